The first-order valence-corrected chi connectivity index (χ1v) is 12.5. The second kappa shape index (κ2) is 10.5. The lowest BCUT2D eigenvalue weighted by molar-refractivity contribution is -0.123. The number of hydrogen-bond acceptors (Lipinski definition) is 8. The molecule has 0 aliphatic carbocycles. The van der Waals surface area contributed by atoms with Crippen molar-refractivity contribution in [2.75, 3.05) is 17.7 Å². The highest BCUT2D eigenvalue weighted by molar-refractivity contribution is 7.09. The van der Waals surface area contributed by atoms with Gasteiger partial charge >= 0.3 is 0 Å². The van der Waals surface area contributed by atoms with Crippen molar-refractivity contribution in [1.29, 1.82) is 0 Å². The van der Waals surface area contributed by atoms with E-state index in [2.05, 4.69) is 14.7 Å². The lowest BCUT2D eigenvalue weighted by Gasteiger charge is -2.34. The van der Waals surface area contributed by atoms with Crippen LogP contribution in [0.15, 0.2) is 60.8 Å². The average Bonchev–Trinajstić information content (AvgIpc) is 3.27. The predicted octanol–water partition coefficient (Wildman–Crippen LogP) is 3.68. The molecule has 196 valence electrons. The number of para-hydroxylation sites is 2. The third-order valence-corrected chi connectivity index (χ3v) is 6.52. The van der Waals surface area contributed by atoms with Gasteiger partial charge in [0.05, 0.1) is 24.0 Å². The zero-order valence-electron chi connectivity index (χ0n) is 21.4. The maximum atomic E-state index is 14.2. The molecule has 0 fully saturated rings. The summed E-state index contributed by atoms with van der Waals surface area (Å²) in [6.07, 6.45) is 1.68. The van der Waals surface area contributed by atoms with Crippen molar-refractivity contribution in [3.63, 3.8) is 0 Å². The van der Waals surface area contributed by atoms with Gasteiger partial charge in [0, 0.05) is 17.1 Å². The SMILES string of the molecule is COc1ccccc1N(C(=O)c1snc(C(N)=O)c1N)[C@@H](C(=O)NC(C)(C)C)c1ccc2ncccc2c1. The number of methoxy groups -OCH3 is 1. The molecule has 0 aliphatic rings. The second-order valence-corrected chi connectivity index (χ2v) is 10.4. The molecule has 2 heterocycles. The first-order chi connectivity index (χ1) is 18.0. The normalized spacial score (nSPS) is 12.1. The van der Waals surface area contributed by atoms with Crippen LogP contribution in [0.25, 0.3) is 10.9 Å². The fourth-order valence-electron chi connectivity index (χ4n) is 4.05. The molecule has 0 saturated heterocycles. The average molecular weight is 533 g/mol. The fourth-order valence-corrected chi connectivity index (χ4v) is 4.80. The fraction of sp³-hybridized carbons (Fsp3) is 0.222. The predicted molar refractivity (Wildman–Crippen MR) is 147 cm³/mol. The van der Waals surface area contributed by atoms with Crippen LogP contribution in [0.5, 0.6) is 5.75 Å². The molecule has 11 heteroatoms. The van der Waals surface area contributed by atoms with Gasteiger partial charge in [0.25, 0.3) is 11.8 Å². The Bertz CT molecular complexity index is 1530. The monoisotopic (exact) mass is 532 g/mol. The van der Waals surface area contributed by atoms with E-state index < -0.39 is 29.3 Å². The highest BCUT2D eigenvalue weighted by atomic mass is 32.1. The van der Waals surface area contributed by atoms with Crippen LogP contribution in [0.1, 0.15) is 52.5 Å². The first-order valence-electron chi connectivity index (χ1n) is 11.7. The Morgan fingerprint density at radius 3 is 2.47 bits per heavy atom. The van der Waals surface area contributed by atoms with Gasteiger partial charge in [0.1, 0.15) is 16.7 Å². The zero-order valence-corrected chi connectivity index (χ0v) is 22.2. The van der Waals surface area contributed by atoms with Gasteiger partial charge in [-0.05, 0) is 68.2 Å². The van der Waals surface area contributed by atoms with Gasteiger partial charge in [-0.1, -0.05) is 24.3 Å². The zero-order chi connectivity index (χ0) is 27.6. The van der Waals surface area contributed by atoms with E-state index in [1.54, 1.807) is 48.7 Å². The van der Waals surface area contributed by atoms with Crippen LogP contribution in [0.2, 0.25) is 0 Å². The van der Waals surface area contributed by atoms with E-state index in [9.17, 15) is 14.4 Å². The van der Waals surface area contributed by atoms with Crippen LogP contribution in [0.3, 0.4) is 0 Å². The molecule has 2 aromatic heterocycles. The number of nitrogens with two attached hydrogens (primary N) is 2. The van der Waals surface area contributed by atoms with Gasteiger partial charge in [-0.15, -0.1) is 0 Å². The van der Waals surface area contributed by atoms with Crippen molar-refractivity contribution in [1.82, 2.24) is 14.7 Å². The van der Waals surface area contributed by atoms with Crippen molar-refractivity contribution in [3.8, 4) is 5.75 Å². The number of fused-ring (bicyclic) bond motifs is 1. The van der Waals surface area contributed by atoms with E-state index in [0.717, 1.165) is 22.4 Å². The number of nitrogens with zero attached hydrogens (tertiary/aromatic N) is 3. The number of anilines is 2. The van der Waals surface area contributed by atoms with Crippen LogP contribution in [0, 0.1) is 0 Å². The Balaban J connectivity index is 1.98. The van der Waals surface area contributed by atoms with Gasteiger partial charge in [-0.3, -0.25) is 24.3 Å². The summed E-state index contributed by atoms with van der Waals surface area (Å²) in [4.78, 5) is 45.7. The lowest BCUT2D eigenvalue weighted by Crippen LogP contribution is -2.49. The van der Waals surface area contributed by atoms with E-state index in [-0.39, 0.29) is 16.3 Å². The van der Waals surface area contributed by atoms with Gasteiger partial charge in [0.15, 0.2) is 5.69 Å². The molecule has 0 radical (unpaired) electrons. The van der Waals surface area contributed by atoms with E-state index in [1.165, 1.54) is 12.0 Å². The van der Waals surface area contributed by atoms with Crippen molar-refractivity contribution in [3.05, 3.63) is 76.9 Å². The van der Waals surface area contributed by atoms with Crippen molar-refractivity contribution in [2.24, 2.45) is 5.73 Å². The molecule has 38 heavy (non-hydrogen) atoms. The van der Waals surface area contributed by atoms with E-state index in [4.69, 9.17) is 16.2 Å². The number of nitrogens with one attached hydrogen (secondary N) is 1. The summed E-state index contributed by atoms with van der Waals surface area (Å²) in [5, 5.41) is 3.78. The van der Waals surface area contributed by atoms with E-state index in [0.29, 0.717) is 17.0 Å². The summed E-state index contributed by atoms with van der Waals surface area (Å²) < 4.78 is 9.56. The minimum absolute atomic E-state index is 0.0271. The van der Waals surface area contributed by atoms with Crippen LogP contribution in [-0.4, -0.2) is 39.7 Å². The third kappa shape index (κ3) is 5.28. The van der Waals surface area contributed by atoms with E-state index >= 15 is 0 Å². The molecule has 10 nitrogen and oxygen atoms in total. The Labute approximate surface area is 223 Å². The van der Waals surface area contributed by atoms with Crippen molar-refractivity contribution >= 4 is 51.5 Å². The molecular formula is C27H28N6O4S. The Hall–Kier alpha value is -4.51. The molecule has 0 aliphatic heterocycles. The number of aromatic nitrogens is 2. The topological polar surface area (TPSA) is 154 Å². The van der Waals surface area contributed by atoms with E-state index in [1.807, 2.05) is 32.9 Å². The molecule has 0 bridgehead atoms. The molecule has 0 spiro atoms. The Morgan fingerprint density at radius 2 is 1.82 bits per heavy atom. The number of hydrogen-bond donors (Lipinski definition) is 3. The summed E-state index contributed by atoms with van der Waals surface area (Å²) in [6, 6.07) is 14.7. The van der Waals surface area contributed by atoms with Gasteiger partial charge in [-0.2, -0.15) is 4.37 Å². The lowest BCUT2D eigenvalue weighted by atomic mass is 9.98. The summed E-state index contributed by atoms with van der Waals surface area (Å²) in [7, 11) is 1.47. The van der Waals surface area contributed by atoms with Crippen molar-refractivity contribution < 1.29 is 19.1 Å². The molecular weight excluding hydrogens is 504 g/mol. The van der Waals surface area contributed by atoms with Crippen LogP contribution in [-0.2, 0) is 4.79 Å². The Morgan fingerprint density at radius 1 is 1.08 bits per heavy atom. The molecule has 2 aromatic carbocycles. The quantitative estimate of drug-likeness (QED) is 0.328. The largest absolute Gasteiger partial charge is 0.495 e. The molecule has 1 atom stereocenters. The number of carbonyl (C=O) groups is 3. The number of ether oxygens (including phenoxy) is 1. The summed E-state index contributed by atoms with van der Waals surface area (Å²) in [6.45, 7) is 5.55. The van der Waals surface area contributed by atoms with Crippen molar-refractivity contribution in [2.45, 2.75) is 32.4 Å². The first kappa shape index (κ1) is 26.6. The summed E-state index contributed by atoms with van der Waals surface area (Å²) >= 11 is 0.740. The molecule has 4 aromatic rings. The Kier molecular flexibility index (Phi) is 7.31. The number of amides is 3. The molecule has 3 amide bonds. The van der Waals surface area contributed by atoms with Gasteiger partial charge in [0.2, 0.25) is 5.91 Å². The van der Waals surface area contributed by atoms with Crippen LogP contribution < -0.4 is 26.4 Å². The minimum atomic E-state index is -1.15. The summed E-state index contributed by atoms with van der Waals surface area (Å²) in [5.74, 6) is -1.57. The van der Waals surface area contributed by atoms with Gasteiger partial charge < -0.3 is 21.5 Å². The number of carbonyl (C=O) groups excluding carboxylic acids is 3. The highest BCUT2D eigenvalue weighted by Gasteiger charge is 2.38. The number of pyridine rings is 1. The third-order valence-electron chi connectivity index (χ3n) is 5.67. The van der Waals surface area contributed by atoms with Crippen LogP contribution >= 0.6 is 11.5 Å². The summed E-state index contributed by atoms with van der Waals surface area (Å²) in [5.41, 5.74) is 12.2. The maximum absolute atomic E-state index is 14.2. The smallest absolute Gasteiger partial charge is 0.273 e. The number of primary amides is 1. The van der Waals surface area contributed by atoms with Gasteiger partial charge in [-0.25, -0.2) is 0 Å². The highest BCUT2D eigenvalue weighted by Crippen LogP contribution is 2.38. The standard InChI is InChI=1S/C27H28N6O4S/c1-27(2,3)31-25(35)22(16-11-12-17-15(14-16)8-7-13-30-17)33(18-9-5-6-10-19(18)37-4)26(36)23-20(28)21(24(29)34)32-38-23/h5-14,22H,28H2,1-4H3,(H2,29,34)(H,31,35)/t22-/m1/s1. The minimum Gasteiger partial charge on any atom is -0.495 e. The molecule has 0 saturated carbocycles. The van der Waals surface area contributed by atoms with Crippen LogP contribution in [0.4, 0.5) is 11.4 Å². The number of nitrogen functional groups attached to an aromatic ring is 1. The maximum Gasteiger partial charge on any atom is 0.273 e. The second-order valence-electron chi connectivity index (χ2n) is 9.58. The number of benzene rings is 2. The molecule has 5 N–H and O–H groups in total. The molecule has 4 rings (SSSR count). The number of rotatable bonds is 7. The molecule has 0 unspecified atom stereocenters.